The predicted molar refractivity (Wildman–Crippen MR) is 69.0 cm³/mol. The Labute approximate surface area is 114 Å². The molecule has 98 valence electrons. The molecule has 0 aliphatic carbocycles. The third-order valence-electron chi connectivity index (χ3n) is 2.19. The molecule has 0 spiro atoms. The molecule has 2 rings (SSSR count). The highest BCUT2D eigenvalue weighted by molar-refractivity contribution is 9.10. The van der Waals surface area contributed by atoms with E-state index >= 15 is 0 Å². The van der Waals surface area contributed by atoms with Crippen molar-refractivity contribution in [2.24, 2.45) is 0 Å². The molecule has 9 heteroatoms. The Hall–Kier alpha value is -2.42. The van der Waals surface area contributed by atoms with Gasteiger partial charge >= 0.3 is 5.82 Å². The van der Waals surface area contributed by atoms with E-state index in [0.717, 1.165) is 0 Å². The van der Waals surface area contributed by atoms with E-state index in [4.69, 9.17) is 0 Å². The first-order valence-electron chi connectivity index (χ1n) is 4.97. The number of halogens is 1. The van der Waals surface area contributed by atoms with Crippen molar-refractivity contribution < 1.29 is 14.8 Å². The van der Waals surface area contributed by atoms with Crippen LogP contribution >= 0.6 is 15.9 Å². The Balaban J connectivity index is 2.23. The van der Waals surface area contributed by atoms with Gasteiger partial charge in [0.1, 0.15) is 10.2 Å². The minimum Gasteiger partial charge on any atom is -0.508 e. The molecule has 8 nitrogen and oxygen atoms in total. The van der Waals surface area contributed by atoms with Gasteiger partial charge in [-0.1, -0.05) is 11.2 Å². The standard InChI is InChI=1S/C10H7BrN4O4/c11-7-8(13-14-9(7)15(18)19)10(17)12-5-2-1-3-6(16)4-5/h1-4,16H,(H,12,17)(H,13,14). The summed E-state index contributed by atoms with van der Waals surface area (Å²) in [6, 6.07) is 5.90. The van der Waals surface area contributed by atoms with Crippen LogP contribution in [0.5, 0.6) is 5.75 Å². The van der Waals surface area contributed by atoms with E-state index in [0.29, 0.717) is 5.69 Å². The monoisotopic (exact) mass is 326 g/mol. The average molecular weight is 327 g/mol. The van der Waals surface area contributed by atoms with Crippen LogP contribution in [0.2, 0.25) is 0 Å². The molecule has 1 aromatic heterocycles. The van der Waals surface area contributed by atoms with Crippen LogP contribution in [0.1, 0.15) is 10.5 Å². The number of aromatic nitrogens is 2. The van der Waals surface area contributed by atoms with Gasteiger partial charge in [-0.15, -0.1) is 5.10 Å². The molecule has 0 aliphatic rings. The number of hydrogen-bond acceptors (Lipinski definition) is 5. The van der Waals surface area contributed by atoms with Crippen molar-refractivity contribution >= 4 is 33.3 Å². The second-order valence-corrected chi connectivity index (χ2v) is 4.29. The van der Waals surface area contributed by atoms with Crippen LogP contribution in [0.25, 0.3) is 0 Å². The van der Waals surface area contributed by atoms with Crippen molar-refractivity contribution in [2.75, 3.05) is 5.32 Å². The van der Waals surface area contributed by atoms with E-state index in [9.17, 15) is 20.0 Å². The fourth-order valence-electron chi connectivity index (χ4n) is 1.36. The van der Waals surface area contributed by atoms with Crippen molar-refractivity contribution in [1.29, 1.82) is 0 Å². The van der Waals surface area contributed by atoms with E-state index in [1.807, 2.05) is 0 Å². The third-order valence-corrected chi connectivity index (χ3v) is 2.94. The van der Waals surface area contributed by atoms with Gasteiger partial charge < -0.3 is 20.5 Å². The Kier molecular flexibility index (Phi) is 3.47. The maximum absolute atomic E-state index is 11.9. The zero-order chi connectivity index (χ0) is 14.0. The number of phenols is 1. The number of carbonyl (C=O) groups excluding carboxylic acids is 1. The minimum atomic E-state index is -0.692. The zero-order valence-electron chi connectivity index (χ0n) is 9.25. The molecule has 0 radical (unpaired) electrons. The summed E-state index contributed by atoms with van der Waals surface area (Å²) in [6.07, 6.45) is 0. The topological polar surface area (TPSA) is 121 Å². The highest BCUT2D eigenvalue weighted by Gasteiger charge is 2.24. The van der Waals surface area contributed by atoms with Crippen molar-refractivity contribution in [3.05, 3.63) is 44.5 Å². The molecule has 0 unspecified atom stereocenters. The van der Waals surface area contributed by atoms with Crippen molar-refractivity contribution in [3.8, 4) is 5.75 Å². The molecule has 1 aromatic carbocycles. The molecule has 0 aliphatic heterocycles. The van der Waals surface area contributed by atoms with Crippen LogP contribution in [0.3, 0.4) is 0 Å². The minimum absolute atomic E-state index is 0.00938. The quantitative estimate of drug-likeness (QED) is 0.588. The van der Waals surface area contributed by atoms with Gasteiger partial charge in [0.25, 0.3) is 5.91 Å². The molecule has 0 bridgehead atoms. The van der Waals surface area contributed by atoms with Gasteiger partial charge in [-0.25, -0.2) is 0 Å². The number of carbonyl (C=O) groups is 1. The van der Waals surface area contributed by atoms with Crippen molar-refractivity contribution in [3.63, 3.8) is 0 Å². The summed E-state index contributed by atoms with van der Waals surface area (Å²) in [4.78, 5) is 21.8. The van der Waals surface area contributed by atoms with Crippen LogP contribution < -0.4 is 5.32 Å². The van der Waals surface area contributed by atoms with Gasteiger partial charge in [-0.2, -0.15) is 0 Å². The van der Waals surface area contributed by atoms with E-state index in [1.54, 1.807) is 12.1 Å². The van der Waals surface area contributed by atoms with Crippen molar-refractivity contribution in [2.45, 2.75) is 0 Å². The SMILES string of the molecule is O=C(Nc1cccc(O)c1)c1n[nH]c([N+](=O)[O-])c1Br. The summed E-state index contributed by atoms with van der Waals surface area (Å²) >= 11 is 2.93. The summed E-state index contributed by atoms with van der Waals surface area (Å²) in [6.45, 7) is 0. The maximum atomic E-state index is 11.9. The Bertz CT molecular complexity index is 655. The number of aromatic hydroxyl groups is 1. The molecule has 0 saturated carbocycles. The Morgan fingerprint density at radius 1 is 1.53 bits per heavy atom. The van der Waals surface area contributed by atoms with Gasteiger partial charge in [0, 0.05) is 11.8 Å². The molecule has 3 N–H and O–H groups in total. The molecule has 19 heavy (non-hydrogen) atoms. The number of amides is 1. The number of aromatic amines is 1. The second-order valence-electron chi connectivity index (χ2n) is 3.50. The number of nitrogens with one attached hydrogen (secondary N) is 2. The molecule has 0 fully saturated rings. The summed E-state index contributed by atoms with van der Waals surface area (Å²) in [5, 5.41) is 28.0. The fraction of sp³-hybridized carbons (Fsp3) is 0. The van der Waals surface area contributed by atoms with Crippen LogP contribution in [0, 0.1) is 10.1 Å². The summed E-state index contributed by atoms with van der Waals surface area (Å²) < 4.78 is -0.0323. The van der Waals surface area contributed by atoms with Crippen molar-refractivity contribution in [1.82, 2.24) is 10.2 Å². The number of rotatable bonds is 3. The molecule has 1 amide bonds. The first-order chi connectivity index (χ1) is 8.99. The normalized spacial score (nSPS) is 10.2. The second kappa shape index (κ2) is 5.06. The van der Waals surface area contributed by atoms with Gasteiger partial charge in [0.05, 0.1) is 0 Å². The number of hydrogen-bond donors (Lipinski definition) is 3. The third kappa shape index (κ3) is 2.71. The Morgan fingerprint density at radius 3 is 2.84 bits per heavy atom. The molecule has 0 atom stereocenters. The molecule has 2 aromatic rings. The van der Waals surface area contributed by atoms with Gasteiger partial charge in [0.2, 0.25) is 0 Å². The molecular weight excluding hydrogens is 320 g/mol. The van der Waals surface area contributed by atoms with E-state index in [-0.39, 0.29) is 15.9 Å². The van der Waals surface area contributed by atoms with Crippen LogP contribution in [-0.4, -0.2) is 26.1 Å². The summed E-state index contributed by atoms with van der Waals surface area (Å²) in [5.41, 5.74) is 0.206. The van der Waals surface area contributed by atoms with Crippen LogP contribution in [-0.2, 0) is 0 Å². The number of nitro groups is 1. The lowest BCUT2D eigenvalue weighted by atomic mass is 10.3. The number of nitrogens with zero attached hydrogens (tertiary/aromatic N) is 2. The highest BCUT2D eigenvalue weighted by Crippen LogP contribution is 2.26. The molecular formula is C10H7BrN4O4. The lowest BCUT2D eigenvalue weighted by Gasteiger charge is -2.02. The van der Waals surface area contributed by atoms with Crippen LogP contribution in [0.15, 0.2) is 28.7 Å². The van der Waals surface area contributed by atoms with E-state index < -0.39 is 16.6 Å². The number of anilines is 1. The molecule has 1 heterocycles. The average Bonchev–Trinajstić information content (AvgIpc) is 2.71. The van der Waals surface area contributed by atoms with E-state index in [2.05, 4.69) is 31.4 Å². The van der Waals surface area contributed by atoms with Gasteiger partial charge in [-0.05, 0) is 33.0 Å². The largest absolute Gasteiger partial charge is 0.508 e. The lowest BCUT2D eigenvalue weighted by Crippen LogP contribution is -2.12. The smallest absolute Gasteiger partial charge is 0.357 e. The van der Waals surface area contributed by atoms with Gasteiger partial charge in [0.15, 0.2) is 5.69 Å². The van der Waals surface area contributed by atoms with Crippen LogP contribution in [0.4, 0.5) is 11.5 Å². The first-order valence-corrected chi connectivity index (χ1v) is 5.77. The lowest BCUT2D eigenvalue weighted by molar-refractivity contribution is -0.390. The first kappa shape index (κ1) is 13.0. The fourth-order valence-corrected chi connectivity index (χ4v) is 1.87. The summed E-state index contributed by atoms with van der Waals surface area (Å²) in [7, 11) is 0. The Morgan fingerprint density at radius 2 is 2.26 bits per heavy atom. The summed E-state index contributed by atoms with van der Waals surface area (Å²) in [5.74, 6) is -1.05. The predicted octanol–water partition coefficient (Wildman–Crippen LogP) is 2.04. The highest BCUT2D eigenvalue weighted by atomic mass is 79.9. The number of H-pyrrole nitrogens is 1. The van der Waals surface area contributed by atoms with Gasteiger partial charge in [-0.3, -0.25) is 4.79 Å². The van der Waals surface area contributed by atoms with E-state index in [1.165, 1.54) is 12.1 Å². The number of benzene rings is 1. The molecule has 0 saturated heterocycles. The number of phenolic OH excluding ortho intramolecular Hbond substituents is 1. The maximum Gasteiger partial charge on any atom is 0.357 e. The zero-order valence-corrected chi connectivity index (χ0v) is 10.8.